The van der Waals surface area contributed by atoms with E-state index in [4.69, 9.17) is 5.73 Å². The zero-order valence-corrected chi connectivity index (χ0v) is 8.01. The average Bonchev–Trinajstić information content (AvgIpc) is 2.84. The predicted octanol–water partition coefficient (Wildman–Crippen LogP) is 1.81. The summed E-state index contributed by atoms with van der Waals surface area (Å²) in [5.74, 6) is -0.379. The van der Waals surface area contributed by atoms with E-state index in [2.05, 4.69) is 0 Å². The molecule has 1 saturated carbocycles. The molecule has 0 aromatic heterocycles. The highest BCUT2D eigenvalue weighted by molar-refractivity contribution is 6.06. The molecule has 14 heavy (non-hydrogen) atoms. The first kappa shape index (κ1) is 9.34. The molecule has 2 nitrogen and oxygen atoms in total. The van der Waals surface area contributed by atoms with Gasteiger partial charge in [-0.1, -0.05) is 0 Å². The van der Waals surface area contributed by atoms with Crippen LogP contribution in [0.2, 0.25) is 0 Å². The first-order valence-corrected chi connectivity index (χ1v) is 4.63. The van der Waals surface area contributed by atoms with Crippen LogP contribution >= 0.6 is 0 Å². The molecule has 2 rings (SSSR count). The molecule has 1 aliphatic carbocycles. The third-order valence-corrected chi connectivity index (χ3v) is 2.67. The van der Waals surface area contributed by atoms with E-state index in [-0.39, 0.29) is 11.6 Å². The highest BCUT2D eigenvalue weighted by Crippen LogP contribution is 2.36. The Balaban J connectivity index is 2.37. The summed E-state index contributed by atoms with van der Waals surface area (Å²) in [6.07, 6.45) is 1.48. The highest BCUT2D eigenvalue weighted by Gasteiger charge is 2.46. The van der Waals surface area contributed by atoms with Gasteiger partial charge < -0.3 is 5.73 Å². The van der Waals surface area contributed by atoms with Crippen molar-refractivity contribution in [2.24, 2.45) is 5.73 Å². The minimum atomic E-state index is -0.664. The highest BCUT2D eigenvalue weighted by atomic mass is 19.1. The molecule has 0 amide bonds. The van der Waals surface area contributed by atoms with Crippen LogP contribution in [0.4, 0.5) is 4.39 Å². The lowest BCUT2D eigenvalue weighted by atomic mass is 9.98. The van der Waals surface area contributed by atoms with E-state index in [0.29, 0.717) is 11.1 Å². The van der Waals surface area contributed by atoms with Crippen molar-refractivity contribution in [3.05, 3.63) is 35.1 Å². The molecule has 0 aliphatic heterocycles. The molecule has 0 spiro atoms. The van der Waals surface area contributed by atoms with Gasteiger partial charge in [0.2, 0.25) is 0 Å². The van der Waals surface area contributed by atoms with Crippen LogP contribution in [0, 0.1) is 12.7 Å². The van der Waals surface area contributed by atoms with Crippen LogP contribution in [0.3, 0.4) is 0 Å². The Labute approximate surface area is 81.9 Å². The minimum absolute atomic E-state index is 0.0602. The number of hydrogen-bond acceptors (Lipinski definition) is 2. The van der Waals surface area contributed by atoms with Gasteiger partial charge in [-0.15, -0.1) is 0 Å². The molecule has 2 N–H and O–H groups in total. The van der Waals surface area contributed by atoms with Gasteiger partial charge in [-0.3, -0.25) is 4.79 Å². The van der Waals surface area contributed by atoms with Crippen molar-refractivity contribution in [1.29, 1.82) is 0 Å². The van der Waals surface area contributed by atoms with Gasteiger partial charge >= 0.3 is 0 Å². The largest absolute Gasteiger partial charge is 0.319 e. The first-order chi connectivity index (χ1) is 6.53. The Kier molecular flexibility index (Phi) is 1.93. The minimum Gasteiger partial charge on any atom is -0.319 e. The molecule has 1 aromatic carbocycles. The fraction of sp³-hybridized carbons (Fsp3) is 0.364. The molecule has 1 aliphatic rings. The van der Waals surface area contributed by atoms with Crippen LogP contribution < -0.4 is 5.73 Å². The fourth-order valence-electron chi connectivity index (χ4n) is 1.51. The number of hydrogen-bond donors (Lipinski definition) is 1. The number of rotatable bonds is 2. The summed E-state index contributed by atoms with van der Waals surface area (Å²) >= 11 is 0. The Morgan fingerprint density at radius 3 is 2.64 bits per heavy atom. The third kappa shape index (κ3) is 1.44. The van der Waals surface area contributed by atoms with Gasteiger partial charge in [0.05, 0.1) is 5.54 Å². The van der Waals surface area contributed by atoms with Crippen molar-refractivity contribution in [3.63, 3.8) is 0 Å². The number of benzene rings is 1. The maximum absolute atomic E-state index is 12.8. The van der Waals surface area contributed by atoms with E-state index in [0.717, 1.165) is 12.8 Å². The summed E-state index contributed by atoms with van der Waals surface area (Å²) in [6, 6.07) is 4.17. The molecule has 1 fully saturated rings. The van der Waals surface area contributed by atoms with Crippen molar-refractivity contribution in [2.75, 3.05) is 0 Å². The number of halogens is 1. The van der Waals surface area contributed by atoms with Crippen LogP contribution in [-0.4, -0.2) is 11.3 Å². The van der Waals surface area contributed by atoms with Gasteiger partial charge in [-0.25, -0.2) is 4.39 Å². The van der Waals surface area contributed by atoms with Gasteiger partial charge in [0.15, 0.2) is 5.78 Å². The average molecular weight is 193 g/mol. The zero-order chi connectivity index (χ0) is 10.3. The molecular formula is C11H12FNO. The second kappa shape index (κ2) is 2.89. The molecule has 3 heteroatoms. The van der Waals surface area contributed by atoms with Crippen LogP contribution in [-0.2, 0) is 0 Å². The number of aryl methyl sites for hydroxylation is 1. The van der Waals surface area contributed by atoms with Gasteiger partial charge in [0.25, 0.3) is 0 Å². The summed E-state index contributed by atoms with van der Waals surface area (Å²) in [7, 11) is 0. The standard InChI is InChI=1S/C11H12FNO/c1-7-6-8(12)2-3-9(7)10(14)11(13)4-5-11/h2-3,6H,4-5,13H2,1H3. The van der Waals surface area contributed by atoms with E-state index in [1.807, 2.05) is 0 Å². The molecule has 74 valence electrons. The molecule has 0 radical (unpaired) electrons. The van der Waals surface area contributed by atoms with Gasteiger partial charge in [-0.2, -0.15) is 0 Å². The molecule has 0 unspecified atom stereocenters. The van der Waals surface area contributed by atoms with Crippen molar-refractivity contribution < 1.29 is 9.18 Å². The van der Waals surface area contributed by atoms with Crippen LogP contribution in [0.5, 0.6) is 0 Å². The quantitative estimate of drug-likeness (QED) is 0.728. The third-order valence-electron chi connectivity index (χ3n) is 2.67. The van der Waals surface area contributed by atoms with Gasteiger partial charge in [0.1, 0.15) is 5.82 Å². The maximum atomic E-state index is 12.8. The van der Waals surface area contributed by atoms with E-state index in [1.54, 1.807) is 6.92 Å². The topological polar surface area (TPSA) is 43.1 Å². The predicted molar refractivity (Wildman–Crippen MR) is 51.6 cm³/mol. The Morgan fingerprint density at radius 2 is 2.14 bits per heavy atom. The molecule has 0 bridgehead atoms. The number of carbonyl (C=O) groups excluding carboxylic acids is 1. The second-order valence-corrected chi connectivity index (χ2v) is 3.94. The number of Topliss-reactive ketones (excluding diaryl/α,β-unsaturated/α-hetero) is 1. The summed E-state index contributed by atoms with van der Waals surface area (Å²) < 4.78 is 12.8. The van der Waals surface area contributed by atoms with E-state index < -0.39 is 5.54 Å². The van der Waals surface area contributed by atoms with E-state index in [1.165, 1.54) is 18.2 Å². The van der Waals surface area contributed by atoms with Crippen molar-refractivity contribution in [3.8, 4) is 0 Å². The molecule has 0 saturated heterocycles. The number of nitrogens with two attached hydrogens (primary N) is 1. The summed E-state index contributed by atoms with van der Waals surface area (Å²) in [6.45, 7) is 1.72. The normalized spacial score (nSPS) is 17.9. The van der Waals surface area contributed by atoms with Crippen LogP contribution in [0.25, 0.3) is 0 Å². The lowest BCUT2D eigenvalue weighted by Gasteiger charge is -2.09. The Morgan fingerprint density at radius 1 is 1.50 bits per heavy atom. The van der Waals surface area contributed by atoms with Gasteiger partial charge in [-0.05, 0) is 43.5 Å². The lowest BCUT2D eigenvalue weighted by molar-refractivity contribution is 0.0948. The SMILES string of the molecule is Cc1cc(F)ccc1C(=O)C1(N)CC1. The van der Waals surface area contributed by atoms with Crippen molar-refractivity contribution in [1.82, 2.24) is 0 Å². The molecule has 1 aromatic rings. The van der Waals surface area contributed by atoms with Gasteiger partial charge in [0, 0.05) is 5.56 Å². The molecule has 0 atom stereocenters. The Hall–Kier alpha value is -1.22. The smallest absolute Gasteiger partial charge is 0.182 e. The zero-order valence-electron chi connectivity index (χ0n) is 8.01. The second-order valence-electron chi connectivity index (χ2n) is 3.94. The maximum Gasteiger partial charge on any atom is 0.182 e. The monoisotopic (exact) mass is 193 g/mol. The molecule has 0 heterocycles. The summed E-state index contributed by atoms with van der Waals surface area (Å²) in [4.78, 5) is 11.8. The van der Waals surface area contributed by atoms with Crippen LogP contribution in [0.15, 0.2) is 18.2 Å². The summed E-state index contributed by atoms with van der Waals surface area (Å²) in [5, 5.41) is 0. The fourth-order valence-corrected chi connectivity index (χ4v) is 1.51. The first-order valence-electron chi connectivity index (χ1n) is 4.63. The van der Waals surface area contributed by atoms with Crippen LogP contribution in [0.1, 0.15) is 28.8 Å². The van der Waals surface area contributed by atoms with E-state index in [9.17, 15) is 9.18 Å². The number of carbonyl (C=O) groups is 1. The van der Waals surface area contributed by atoms with E-state index >= 15 is 0 Å². The van der Waals surface area contributed by atoms with Crippen molar-refractivity contribution >= 4 is 5.78 Å². The van der Waals surface area contributed by atoms with Crippen molar-refractivity contribution in [2.45, 2.75) is 25.3 Å². The molecular weight excluding hydrogens is 181 g/mol. The number of ketones is 1. The Bertz CT molecular complexity index is 396. The lowest BCUT2D eigenvalue weighted by Crippen LogP contribution is -2.33. The summed E-state index contributed by atoms with van der Waals surface area (Å²) in [5.41, 5.74) is 6.33.